The van der Waals surface area contributed by atoms with Gasteiger partial charge in [0.25, 0.3) is 0 Å². The standard InChI is InChI=1S/C26H25NO3/c1-13-9-15(10-14(2)24(13)29)20-21-18(11-26(3,4)12-19(21)28)27-23-16-7-5-6-8-17(16)25(30)22(20)23/h5-10,20,22,29H,11-12H2,1-4H3/t20-,22+/m1/s1. The van der Waals surface area contributed by atoms with Crippen LogP contribution in [0.4, 0.5) is 0 Å². The van der Waals surface area contributed by atoms with E-state index < -0.39 is 5.92 Å². The average molecular weight is 399 g/mol. The summed E-state index contributed by atoms with van der Waals surface area (Å²) in [5, 5.41) is 10.3. The van der Waals surface area contributed by atoms with Crippen molar-refractivity contribution in [2.45, 2.75) is 46.5 Å². The monoisotopic (exact) mass is 399 g/mol. The van der Waals surface area contributed by atoms with Gasteiger partial charge in [0.15, 0.2) is 11.6 Å². The third-order valence-corrected chi connectivity index (χ3v) is 6.71. The lowest BCUT2D eigenvalue weighted by atomic mass is 9.66. The van der Waals surface area contributed by atoms with Crippen molar-refractivity contribution in [1.82, 2.24) is 0 Å². The molecule has 30 heavy (non-hydrogen) atoms. The predicted molar refractivity (Wildman–Crippen MR) is 116 cm³/mol. The van der Waals surface area contributed by atoms with Gasteiger partial charge in [0, 0.05) is 34.7 Å². The first-order chi connectivity index (χ1) is 14.2. The molecule has 3 aliphatic rings. The molecule has 1 N–H and O–H groups in total. The summed E-state index contributed by atoms with van der Waals surface area (Å²) in [4.78, 5) is 31.8. The Balaban J connectivity index is 1.79. The number of fused-ring (bicyclic) bond motifs is 3. The maximum atomic E-state index is 13.5. The van der Waals surface area contributed by atoms with Gasteiger partial charge in [-0.15, -0.1) is 0 Å². The summed E-state index contributed by atoms with van der Waals surface area (Å²) < 4.78 is 0. The molecule has 0 aromatic heterocycles. The minimum absolute atomic E-state index is 0.0296. The minimum atomic E-state index is -0.491. The molecular formula is C26H25NO3. The molecule has 5 rings (SSSR count). The molecule has 1 heterocycles. The largest absolute Gasteiger partial charge is 0.507 e. The molecule has 0 unspecified atom stereocenters. The fourth-order valence-electron chi connectivity index (χ4n) is 5.41. The van der Waals surface area contributed by atoms with Crippen molar-refractivity contribution in [3.8, 4) is 5.75 Å². The number of carbonyl (C=O) groups excluding carboxylic acids is 2. The molecule has 2 atom stereocenters. The Hall–Kier alpha value is -3.01. The zero-order valence-corrected chi connectivity index (χ0v) is 17.7. The molecule has 0 saturated carbocycles. The number of carbonyl (C=O) groups is 2. The highest BCUT2D eigenvalue weighted by molar-refractivity contribution is 6.30. The van der Waals surface area contributed by atoms with Gasteiger partial charge in [0.1, 0.15) is 5.75 Å². The van der Waals surface area contributed by atoms with Gasteiger partial charge in [-0.1, -0.05) is 50.2 Å². The molecule has 1 aliphatic heterocycles. The van der Waals surface area contributed by atoms with Crippen LogP contribution >= 0.6 is 0 Å². The third kappa shape index (κ3) is 2.63. The smallest absolute Gasteiger partial charge is 0.173 e. The van der Waals surface area contributed by atoms with Crippen LogP contribution in [-0.4, -0.2) is 22.4 Å². The maximum absolute atomic E-state index is 13.5. The number of hydrogen-bond acceptors (Lipinski definition) is 4. The number of aromatic hydroxyl groups is 1. The number of allylic oxidation sites excluding steroid dienone is 2. The zero-order valence-electron chi connectivity index (χ0n) is 17.7. The lowest BCUT2D eigenvalue weighted by Gasteiger charge is -2.38. The summed E-state index contributed by atoms with van der Waals surface area (Å²) in [6, 6.07) is 11.5. The fourth-order valence-corrected chi connectivity index (χ4v) is 5.41. The van der Waals surface area contributed by atoms with E-state index in [0.717, 1.165) is 33.7 Å². The molecule has 4 heteroatoms. The Morgan fingerprint density at radius 3 is 2.27 bits per heavy atom. The predicted octanol–water partition coefficient (Wildman–Crippen LogP) is 5.05. The van der Waals surface area contributed by atoms with E-state index in [1.807, 2.05) is 50.2 Å². The third-order valence-electron chi connectivity index (χ3n) is 6.71. The van der Waals surface area contributed by atoms with E-state index in [1.165, 1.54) is 0 Å². The summed E-state index contributed by atoms with van der Waals surface area (Å²) in [7, 11) is 0. The molecule has 0 amide bonds. The number of phenolic OH excluding ortho intramolecular Hbond substituents is 1. The first kappa shape index (κ1) is 19.0. The summed E-state index contributed by atoms with van der Waals surface area (Å²) in [5.74, 6) is -0.485. The maximum Gasteiger partial charge on any atom is 0.173 e. The van der Waals surface area contributed by atoms with Gasteiger partial charge in [-0.25, -0.2) is 0 Å². The summed E-state index contributed by atoms with van der Waals surface area (Å²) in [6.45, 7) is 7.91. The number of rotatable bonds is 1. The first-order valence-corrected chi connectivity index (χ1v) is 10.5. The van der Waals surface area contributed by atoms with Gasteiger partial charge in [0.05, 0.1) is 11.6 Å². The molecule has 0 bridgehead atoms. The Kier molecular flexibility index (Phi) is 3.95. The van der Waals surface area contributed by atoms with E-state index in [2.05, 4.69) is 13.8 Å². The quantitative estimate of drug-likeness (QED) is 0.730. The van der Waals surface area contributed by atoms with E-state index >= 15 is 0 Å². The van der Waals surface area contributed by atoms with Crippen molar-refractivity contribution in [3.05, 3.63) is 75.5 Å². The van der Waals surface area contributed by atoms with Crippen LogP contribution in [0.25, 0.3) is 0 Å². The van der Waals surface area contributed by atoms with Crippen molar-refractivity contribution < 1.29 is 14.7 Å². The number of aryl methyl sites for hydroxylation is 2. The summed E-state index contributed by atoms with van der Waals surface area (Å²) >= 11 is 0. The highest BCUT2D eigenvalue weighted by Gasteiger charge is 2.50. The molecule has 0 fully saturated rings. The van der Waals surface area contributed by atoms with Gasteiger partial charge in [-0.2, -0.15) is 0 Å². The summed E-state index contributed by atoms with van der Waals surface area (Å²) in [5.41, 5.74) is 6.12. The van der Waals surface area contributed by atoms with E-state index in [1.54, 1.807) is 0 Å². The Morgan fingerprint density at radius 2 is 1.60 bits per heavy atom. The van der Waals surface area contributed by atoms with Crippen molar-refractivity contribution in [2.75, 3.05) is 0 Å². The van der Waals surface area contributed by atoms with Crippen molar-refractivity contribution in [1.29, 1.82) is 0 Å². The van der Waals surface area contributed by atoms with Crippen LogP contribution in [0.1, 0.15) is 65.2 Å². The lowest BCUT2D eigenvalue weighted by molar-refractivity contribution is -0.118. The van der Waals surface area contributed by atoms with E-state index in [4.69, 9.17) is 4.99 Å². The van der Waals surface area contributed by atoms with Crippen LogP contribution in [0.15, 0.2) is 52.7 Å². The topological polar surface area (TPSA) is 66.7 Å². The molecular weight excluding hydrogens is 374 g/mol. The molecule has 2 aromatic carbocycles. The van der Waals surface area contributed by atoms with Gasteiger partial charge >= 0.3 is 0 Å². The number of ketones is 2. The van der Waals surface area contributed by atoms with E-state index in [9.17, 15) is 14.7 Å². The number of nitrogens with zero attached hydrogens (tertiary/aromatic N) is 1. The molecule has 152 valence electrons. The number of phenols is 1. The average Bonchev–Trinajstić information content (AvgIpc) is 2.96. The normalized spacial score (nSPS) is 24.3. The van der Waals surface area contributed by atoms with Crippen molar-refractivity contribution in [2.24, 2.45) is 16.3 Å². The Morgan fingerprint density at radius 1 is 0.967 bits per heavy atom. The lowest BCUT2D eigenvalue weighted by Crippen LogP contribution is -2.37. The molecule has 0 radical (unpaired) electrons. The molecule has 2 aliphatic carbocycles. The Bertz CT molecular complexity index is 1180. The second-order valence-electron chi connectivity index (χ2n) is 9.67. The number of Topliss-reactive ketones (excluding diaryl/α,β-unsaturated/α-hetero) is 2. The van der Waals surface area contributed by atoms with E-state index in [-0.39, 0.29) is 28.6 Å². The van der Waals surface area contributed by atoms with Crippen LogP contribution < -0.4 is 0 Å². The number of aliphatic imine (C=N–C) groups is 1. The zero-order chi connectivity index (χ0) is 21.4. The van der Waals surface area contributed by atoms with Crippen LogP contribution in [0, 0.1) is 25.2 Å². The van der Waals surface area contributed by atoms with Gasteiger partial charge in [0.2, 0.25) is 0 Å². The van der Waals surface area contributed by atoms with Crippen LogP contribution in [0.5, 0.6) is 5.75 Å². The van der Waals surface area contributed by atoms with Gasteiger partial charge < -0.3 is 5.11 Å². The van der Waals surface area contributed by atoms with Crippen LogP contribution in [-0.2, 0) is 4.79 Å². The fraction of sp³-hybridized carbons (Fsp3) is 0.346. The molecule has 4 nitrogen and oxygen atoms in total. The molecule has 2 aromatic rings. The Labute approximate surface area is 176 Å². The highest BCUT2D eigenvalue weighted by atomic mass is 16.3. The molecule has 0 spiro atoms. The second kappa shape index (κ2) is 6.24. The molecule has 0 saturated heterocycles. The van der Waals surface area contributed by atoms with Crippen molar-refractivity contribution >= 4 is 17.3 Å². The van der Waals surface area contributed by atoms with Gasteiger partial charge in [-0.05, 0) is 42.4 Å². The second-order valence-corrected chi connectivity index (χ2v) is 9.67. The first-order valence-electron chi connectivity index (χ1n) is 10.5. The summed E-state index contributed by atoms with van der Waals surface area (Å²) in [6.07, 6.45) is 1.17. The van der Waals surface area contributed by atoms with Gasteiger partial charge in [-0.3, -0.25) is 14.6 Å². The van der Waals surface area contributed by atoms with Crippen LogP contribution in [0.2, 0.25) is 0 Å². The number of hydrogen-bond donors (Lipinski definition) is 1. The van der Waals surface area contributed by atoms with Crippen LogP contribution in [0.3, 0.4) is 0 Å². The highest BCUT2D eigenvalue weighted by Crippen LogP contribution is 2.51. The van der Waals surface area contributed by atoms with Crippen molar-refractivity contribution in [3.63, 3.8) is 0 Å². The van der Waals surface area contributed by atoms with E-state index in [0.29, 0.717) is 24.0 Å². The number of benzene rings is 2. The SMILES string of the molecule is Cc1cc([C@@H]2C3=C(CC(C)(C)CC3=O)N=C3c4ccccc4C(=O)[C@H]32)cc(C)c1O. The minimum Gasteiger partial charge on any atom is -0.507 e.